The van der Waals surface area contributed by atoms with E-state index in [1.807, 2.05) is 0 Å². The molecule has 21 heavy (non-hydrogen) atoms. The molecule has 0 aliphatic carbocycles. The van der Waals surface area contributed by atoms with Crippen molar-refractivity contribution in [2.45, 2.75) is 30.7 Å². The van der Waals surface area contributed by atoms with E-state index >= 15 is 0 Å². The predicted octanol–water partition coefficient (Wildman–Crippen LogP) is -1.84. The van der Waals surface area contributed by atoms with Crippen LogP contribution in [0.1, 0.15) is 0 Å². The minimum atomic E-state index is -1.74. The fraction of sp³-hybridized carbons (Fsp3) is 0.417. The maximum Gasteiger partial charge on any atom is 0.335 e. The third kappa shape index (κ3) is 4.07. The number of nitrogens with two attached hydrogens (primary N) is 1. The van der Waals surface area contributed by atoms with Crippen LogP contribution in [0.4, 0.5) is 5.69 Å². The summed E-state index contributed by atoms with van der Waals surface area (Å²) in [6.45, 7) is 0. The second kappa shape index (κ2) is 7.41. The predicted molar refractivity (Wildman–Crippen MR) is 71.6 cm³/mol. The molecule has 1 heterocycles. The van der Waals surface area contributed by atoms with E-state index < -0.39 is 36.7 Å². The van der Waals surface area contributed by atoms with Gasteiger partial charge in [0.05, 0.1) is 0 Å². The van der Waals surface area contributed by atoms with E-state index in [2.05, 4.69) is 0 Å². The summed E-state index contributed by atoms with van der Waals surface area (Å²) in [7, 11) is 0. The fourth-order valence-electron chi connectivity index (χ4n) is 1.83. The molecule has 0 saturated carbocycles. The molecule has 6 N–H and O–H groups in total. The van der Waals surface area contributed by atoms with Crippen LogP contribution in [0.15, 0.2) is 24.3 Å². The monoisotopic (exact) mass is 308 g/mol. The molecule has 0 unspecified atom stereocenters. The number of aliphatic hydroxyl groups excluding tert-OH is 3. The van der Waals surface area contributed by atoms with E-state index in [9.17, 15) is 20.1 Å². The molecule has 1 radical (unpaired) electrons. The number of nitrogen functional groups attached to an aromatic ring is 1. The zero-order valence-electron chi connectivity index (χ0n) is 11.3. The van der Waals surface area contributed by atoms with Crippen LogP contribution >= 0.6 is 0 Å². The molecule has 111 valence electrons. The van der Waals surface area contributed by atoms with E-state index in [0.717, 1.165) is 0 Å². The van der Waals surface area contributed by atoms with Crippen molar-refractivity contribution < 1.29 is 34.7 Å². The Hall–Kier alpha value is -0.870. The van der Waals surface area contributed by atoms with Gasteiger partial charge in [0, 0.05) is 35.2 Å². The molecule has 1 aliphatic heterocycles. The summed E-state index contributed by atoms with van der Waals surface area (Å²) in [5.74, 6) is -1.19. The first-order chi connectivity index (χ1) is 9.40. The van der Waals surface area contributed by atoms with Gasteiger partial charge in [-0.1, -0.05) is 0 Å². The number of aliphatic carboxylic acids is 1. The van der Waals surface area contributed by atoms with Gasteiger partial charge in [-0.3, -0.25) is 0 Å². The molecular formula is C12H15NNaO7. The minimum absolute atomic E-state index is 0. The summed E-state index contributed by atoms with van der Waals surface area (Å²) < 4.78 is 10.2. The van der Waals surface area contributed by atoms with E-state index in [4.69, 9.17) is 20.3 Å². The summed E-state index contributed by atoms with van der Waals surface area (Å²) in [6, 6.07) is 6.09. The van der Waals surface area contributed by atoms with E-state index in [-0.39, 0.29) is 35.3 Å². The Kier molecular flexibility index (Phi) is 6.41. The Morgan fingerprint density at radius 3 is 2.19 bits per heavy atom. The van der Waals surface area contributed by atoms with Crippen molar-refractivity contribution in [3.8, 4) is 5.75 Å². The van der Waals surface area contributed by atoms with Crippen LogP contribution in [0.2, 0.25) is 0 Å². The molecule has 2 rings (SSSR count). The Morgan fingerprint density at radius 2 is 1.67 bits per heavy atom. The van der Waals surface area contributed by atoms with Crippen LogP contribution in [0, 0.1) is 0 Å². The van der Waals surface area contributed by atoms with Crippen molar-refractivity contribution >= 4 is 41.2 Å². The first-order valence-corrected chi connectivity index (χ1v) is 5.85. The Labute approximate surface area is 142 Å². The first-order valence-electron chi connectivity index (χ1n) is 5.85. The third-order valence-corrected chi connectivity index (χ3v) is 2.95. The van der Waals surface area contributed by atoms with Crippen LogP contribution in [-0.4, -0.2) is 86.7 Å². The maximum absolute atomic E-state index is 10.9. The van der Waals surface area contributed by atoms with Gasteiger partial charge in [0.1, 0.15) is 24.1 Å². The molecule has 5 atom stereocenters. The second-order valence-corrected chi connectivity index (χ2v) is 4.42. The Balaban J connectivity index is 0.00000220. The van der Waals surface area contributed by atoms with Crippen LogP contribution in [-0.2, 0) is 9.53 Å². The molecule has 8 nitrogen and oxygen atoms in total. The number of benzene rings is 1. The number of aliphatic hydroxyl groups is 3. The number of carboxylic acid groups (broad SMARTS) is 1. The maximum atomic E-state index is 10.9. The number of carboxylic acids is 1. The van der Waals surface area contributed by atoms with E-state index in [1.54, 1.807) is 12.1 Å². The van der Waals surface area contributed by atoms with Crippen molar-refractivity contribution in [2.75, 3.05) is 5.73 Å². The van der Waals surface area contributed by atoms with Gasteiger partial charge in [-0.15, -0.1) is 0 Å². The average Bonchev–Trinajstić information content (AvgIpc) is 2.41. The SMILES string of the molecule is Nc1ccc(O[C@@H]2O[C@H](C(=O)O)[C@@H](O)[C@H](O)[C@H]2O)cc1.[Na]. The van der Waals surface area contributed by atoms with Gasteiger partial charge in [0.2, 0.25) is 6.29 Å². The third-order valence-electron chi connectivity index (χ3n) is 2.95. The molecule has 1 aromatic rings. The molecule has 0 aromatic heterocycles. The fourth-order valence-corrected chi connectivity index (χ4v) is 1.83. The number of carbonyl (C=O) groups is 1. The Bertz CT molecular complexity index is 483. The molecule has 0 bridgehead atoms. The summed E-state index contributed by atoms with van der Waals surface area (Å²) in [5, 5.41) is 37.8. The zero-order chi connectivity index (χ0) is 14.9. The first kappa shape index (κ1) is 18.2. The van der Waals surface area contributed by atoms with Crippen molar-refractivity contribution in [1.82, 2.24) is 0 Å². The van der Waals surface area contributed by atoms with Crippen LogP contribution in [0.3, 0.4) is 0 Å². The number of hydrogen-bond donors (Lipinski definition) is 5. The molecule has 1 aromatic carbocycles. The van der Waals surface area contributed by atoms with Gasteiger partial charge in [0.15, 0.2) is 6.10 Å². The van der Waals surface area contributed by atoms with Crippen LogP contribution < -0.4 is 10.5 Å². The average molecular weight is 308 g/mol. The second-order valence-electron chi connectivity index (χ2n) is 4.42. The number of rotatable bonds is 3. The number of hydrogen-bond acceptors (Lipinski definition) is 7. The normalized spacial score (nSPS) is 32.0. The topological polar surface area (TPSA) is 142 Å². The summed E-state index contributed by atoms with van der Waals surface area (Å²) in [6.07, 6.45) is -8.12. The Morgan fingerprint density at radius 1 is 1.10 bits per heavy atom. The van der Waals surface area contributed by atoms with Gasteiger partial charge in [-0.2, -0.15) is 0 Å². The number of anilines is 1. The molecule has 1 fully saturated rings. The van der Waals surface area contributed by atoms with Gasteiger partial charge in [0.25, 0.3) is 0 Å². The number of ether oxygens (including phenoxy) is 2. The standard InChI is InChI=1S/C12H15NO7.Na/c13-5-1-3-6(4-2-5)19-12-9(16)7(14)8(15)10(20-12)11(17)18;/h1-4,7-10,12,14-16H,13H2,(H,17,18);/t7-,8-,9+,10-,12+;/m0./s1. The van der Waals surface area contributed by atoms with Crippen molar-refractivity contribution in [2.24, 2.45) is 0 Å². The van der Waals surface area contributed by atoms with Crippen molar-refractivity contribution in [1.29, 1.82) is 0 Å². The molecule has 1 saturated heterocycles. The smallest absolute Gasteiger partial charge is 0.335 e. The van der Waals surface area contributed by atoms with Gasteiger partial charge in [-0.25, -0.2) is 4.79 Å². The zero-order valence-corrected chi connectivity index (χ0v) is 13.3. The van der Waals surface area contributed by atoms with E-state index in [1.165, 1.54) is 12.1 Å². The van der Waals surface area contributed by atoms with Gasteiger partial charge < -0.3 is 35.6 Å². The quantitative estimate of drug-likeness (QED) is 0.324. The molecule has 0 amide bonds. The van der Waals surface area contributed by atoms with Gasteiger partial charge >= 0.3 is 5.97 Å². The van der Waals surface area contributed by atoms with Gasteiger partial charge in [-0.05, 0) is 24.3 Å². The molecule has 1 aliphatic rings. The van der Waals surface area contributed by atoms with E-state index in [0.29, 0.717) is 5.69 Å². The summed E-state index contributed by atoms with van der Waals surface area (Å²) in [5.41, 5.74) is 6.00. The molecular weight excluding hydrogens is 293 g/mol. The van der Waals surface area contributed by atoms with Crippen LogP contribution in [0.25, 0.3) is 0 Å². The minimum Gasteiger partial charge on any atom is -0.479 e. The molecule has 9 heteroatoms. The summed E-state index contributed by atoms with van der Waals surface area (Å²) >= 11 is 0. The van der Waals surface area contributed by atoms with Crippen molar-refractivity contribution in [3.63, 3.8) is 0 Å². The van der Waals surface area contributed by atoms with Crippen LogP contribution in [0.5, 0.6) is 5.75 Å². The summed E-state index contributed by atoms with van der Waals surface area (Å²) in [4.78, 5) is 10.9. The molecule has 0 spiro atoms. The van der Waals surface area contributed by atoms with Crippen molar-refractivity contribution in [3.05, 3.63) is 24.3 Å². The largest absolute Gasteiger partial charge is 0.479 e.